The van der Waals surface area contributed by atoms with Gasteiger partial charge in [0.05, 0.1) is 11.3 Å². The van der Waals surface area contributed by atoms with Crippen molar-refractivity contribution in [1.29, 1.82) is 0 Å². The second-order valence-electron chi connectivity index (χ2n) is 7.98. The molecule has 0 aliphatic rings. The van der Waals surface area contributed by atoms with Gasteiger partial charge in [0.2, 0.25) is 0 Å². The number of aromatic nitrogens is 1. The Morgan fingerprint density at radius 1 is 1.10 bits per heavy atom. The molecular formula is C24H28IrNO2Si-. The fourth-order valence-electron chi connectivity index (χ4n) is 2.83. The Labute approximate surface area is 188 Å². The van der Waals surface area contributed by atoms with E-state index in [1.54, 1.807) is 0 Å². The van der Waals surface area contributed by atoms with Crippen LogP contribution in [0.15, 0.2) is 60.4 Å². The number of carbonyl (C=O) groups excluding carboxylic acids is 1. The molecule has 1 heterocycles. The SMILES string of the molecule is CC(=O)C=C(C)O.Cc1cc2ccccc2nc1-c1[c-]cc([Si](C)(C)C)cc1.[Ir]. The molecule has 1 N–H and O–H groups in total. The van der Waals surface area contributed by atoms with E-state index < -0.39 is 8.07 Å². The summed E-state index contributed by atoms with van der Waals surface area (Å²) in [5.41, 5.74) is 4.36. The fourth-order valence-corrected chi connectivity index (χ4v) is 3.92. The van der Waals surface area contributed by atoms with Crippen molar-refractivity contribution in [3.8, 4) is 11.3 Å². The van der Waals surface area contributed by atoms with Gasteiger partial charge in [0.25, 0.3) is 0 Å². The van der Waals surface area contributed by atoms with Crippen molar-refractivity contribution < 1.29 is 30.0 Å². The van der Waals surface area contributed by atoms with E-state index in [-0.39, 0.29) is 31.6 Å². The second-order valence-corrected chi connectivity index (χ2v) is 13.1. The molecule has 0 amide bonds. The number of allylic oxidation sites excluding steroid dienone is 2. The van der Waals surface area contributed by atoms with Gasteiger partial charge >= 0.3 is 0 Å². The average molecular weight is 583 g/mol. The zero-order chi connectivity index (χ0) is 20.9. The van der Waals surface area contributed by atoms with Crippen LogP contribution in [-0.4, -0.2) is 23.9 Å². The third kappa shape index (κ3) is 7.35. The van der Waals surface area contributed by atoms with E-state index in [1.807, 2.05) is 6.07 Å². The number of hydrogen-bond acceptors (Lipinski definition) is 3. The Balaban J connectivity index is 0.000000456. The van der Waals surface area contributed by atoms with Crippen LogP contribution < -0.4 is 5.19 Å². The maximum Gasteiger partial charge on any atom is 0.155 e. The van der Waals surface area contributed by atoms with Crippen LogP contribution in [0.1, 0.15) is 19.4 Å². The molecule has 155 valence electrons. The Morgan fingerprint density at radius 2 is 1.76 bits per heavy atom. The first-order valence-corrected chi connectivity index (χ1v) is 12.8. The summed E-state index contributed by atoms with van der Waals surface area (Å²) in [6, 6.07) is 20.5. The molecule has 0 aliphatic heterocycles. The van der Waals surface area contributed by atoms with Crippen molar-refractivity contribution in [1.82, 2.24) is 4.98 Å². The largest absolute Gasteiger partial charge is 0.512 e. The number of aliphatic hydroxyl groups excluding tert-OH is 1. The van der Waals surface area contributed by atoms with Gasteiger partial charge in [-0.05, 0) is 37.9 Å². The van der Waals surface area contributed by atoms with Crippen LogP contribution >= 0.6 is 0 Å². The minimum Gasteiger partial charge on any atom is -0.512 e. The quantitative estimate of drug-likeness (QED) is 0.190. The van der Waals surface area contributed by atoms with Crippen molar-refractivity contribution in [2.75, 3.05) is 0 Å². The molecular weight excluding hydrogens is 555 g/mol. The number of fused-ring (bicyclic) bond motifs is 1. The van der Waals surface area contributed by atoms with E-state index in [0.717, 1.165) is 16.8 Å². The summed E-state index contributed by atoms with van der Waals surface area (Å²) >= 11 is 0. The molecule has 3 nitrogen and oxygen atoms in total. The maximum atomic E-state index is 10.0. The van der Waals surface area contributed by atoms with Crippen LogP contribution in [0.2, 0.25) is 19.6 Å². The van der Waals surface area contributed by atoms with Gasteiger partial charge in [0, 0.05) is 34.3 Å². The van der Waals surface area contributed by atoms with Crippen LogP contribution in [0, 0.1) is 13.0 Å². The minimum absolute atomic E-state index is 0. The van der Waals surface area contributed by atoms with Crippen LogP contribution in [0.4, 0.5) is 0 Å². The van der Waals surface area contributed by atoms with Crippen LogP contribution in [-0.2, 0) is 24.9 Å². The van der Waals surface area contributed by atoms with Crippen molar-refractivity contribution >= 4 is 29.9 Å². The molecule has 3 rings (SSSR count). The summed E-state index contributed by atoms with van der Waals surface area (Å²) in [4.78, 5) is 14.8. The van der Waals surface area contributed by atoms with Crippen molar-refractivity contribution in [2.24, 2.45) is 0 Å². The molecule has 0 fully saturated rings. The molecule has 0 atom stereocenters. The number of hydrogen-bond donors (Lipinski definition) is 1. The van der Waals surface area contributed by atoms with E-state index in [2.05, 4.69) is 75.1 Å². The van der Waals surface area contributed by atoms with Gasteiger partial charge in [0.1, 0.15) is 0 Å². The van der Waals surface area contributed by atoms with Gasteiger partial charge in [0.15, 0.2) is 5.78 Å². The number of benzene rings is 2. The summed E-state index contributed by atoms with van der Waals surface area (Å²) in [6.45, 7) is 12.0. The van der Waals surface area contributed by atoms with Crippen LogP contribution in [0.5, 0.6) is 0 Å². The first kappa shape index (κ1) is 25.0. The normalized spacial score (nSPS) is 11.3. The number of aliphatic hydroxyl groups is 1. The Kier molecular flexibility index (Phi) is 9.15. The predicted octanol–water partition coefficient (Wildman–Crippen LogP) is 5.59. The van der Waals surface area contributed by atoms with E-state index in [1.165, 1.54) is 36.1 Å². The summed E-state index contributed by atoms with van der Waals surface area (Å²) in [5, 5.41) is 11.0. The van der Waals surface area contributed by atoms with Crippen LogP contribution in [0.3, 0.4) is 0 Å². The first-order valence-electron chi connectivity index (χ1n) is 9.35. The molecule has 5 heteroatoms. The van der Waals surface area contributed by atoms with Gasteiger partial charge in [-0.15, -0.1) is 35.0 Å². The summed E-state index contributed by atoms with van der Waals surface area (Å²) in [6.07, 6.45) is 1.17. The van der Waals surface area contributed by atoms with Gasteiger partial charge in [-0.25, -0.2) is 0 Å². The average Bonchev–Trinajstić information content (AvgIpc) is 2.60. The third-order valence-corrected chi connectivity index (χ3v) is 6.30. The molecule has 0 bridgehead atoms. The standard InChI is InChI=1S/C19H20NSi.C5H8O2.Ir/c1-14-13-16-7-5-6-8-18(16)20-19(14)15-9-11-17(12-10-15)21(2,3)4;1-4(6)3-5(2)7;/h5-9,11-13H,1-4H3;3,6H,1-2H3;/q-1;;. The zero-order valence-corrected chi connectivity index (χ0v) is 21.2. The third-order valence-electron chi connectivity index (χ3n) is 4.26. The monoisotopic (exact) mass is 583 g/mol. The van der Waals surface area contributed by atoms with Crippen molar-refractivity contribution in [3.05, 3.63) is 72.0 Å². The summed E-state index contributed by atoms with van der Waals surface area (Å²) in [5.74, 6) is -0.0625. The van der Waals surface area contributed by atoms with Gasteiger partial charge in [-0.1, -0.05) is 49.5 Å². The first-order chi connectivity index (χ1) is 13.1. The maximum absolute atomic E-state index is 10.0. The topological polar surface area (TPSA) is 50.2 Å². The van der Waals surface area contributed by atoms with Crippen LogP contribution in [0.25, 0.3) is 22.2 Å². The number of aryl methyl sites for hydroxylation is 1. The smallest absolute Gasteiger partial charge is 0.155 e. The molecule has 1 radical (unpaired) electrons. The molecule has 3 aromatic rings. The number of para-hydroxylation sites is 1. The Morgan fingerprint density at radius 3 is 2.24 bits per heavy atom. The zero-order valence-electron chi connectivity index (χ0n) is 17.8. The number of ketones is 1. The molecule has 0 unspecified atom stereocenters. The molecule has 1 aromatic heterocycles. The molecule has 0 saturated heterocycles. The van der Waals surface area contributed by atoms with Gasteiger partial charge < -0.3 is 5.11 Å². The van der Waals surface area contributed by atoms with Gasteiger partial charge in [-0.3, -0.25) is 9.78 Å². The minimum atomic E-state index is -1.27. The molecule has 0 aliphatic carbocycles. The van der Waals surface area contributed by atoms with Crippen molar-refractivity contribution in [2.45, 2.75) is 40.4 Å². The van der Waals surface area contributed by atoms with E-state index in [0.29, 0.717) is 0 Å². The summed E-state index contributed by atoms with van der Waals surface area (Å²) in [7, 11) is -1.27. The fraction of sp³-hybridized carbons (Fsp3) is 0.250. The summed E-state index contributed by atoms with van der Waals surface area (Å²) < 4.78 is 0. The number of rotatable bonds is 3. The van der Waals surface area contributed by atoms with Gasteiger partial charge in [-0.2, -0.15) is 0 Å². The molecule has 0 saturated carbocycles. The molecule has 0 spiro atoms. The Bertz CT molecular complexity index is 1000. The number of carbonyl (C=O) groups is 1. The van der Waals surface area contributed by atoms with Crippen molar-refractivity contribution in [3.63, 3.8) is 0 Å². The number of pyridine rings is 1. The number of nitrogens with zero attached hydrogens (tertiary/aromatic N) is 1. The Hall–Kier alpha value is -2.07. The molecule has 29 heavy (non-hydrogen) atoms. The van der Waals surface area contributed by atoms with E-state index >= 15 is 0 Å². The van der Waals surface area contributed by atoms with E-state index in [9.17, 15) is 4.79 Å². The van der Waals surface area contributed by atoms with E-state index in [4.69, 9.17) is 10.1 Å². The predicted molar refractivity (Wildman–Crippen MR) is 121 cm³/mol. The second kappa shape index (κ2) is 10.6. The molecule has 2 aromatic carbocycles.